The molecule has 4 rings (SSSR count). The molecule has 2 heterocycles. The van der Waals surface area contributed by atoms with Crippen LogP contribution in [0, 0.1) is 12.8 Å². The molecule has 1 fully saturated rings. The van der Waals surface area contributed by atoms with Crippen molar-refractivity contribution in [2.45, 2.75) is 13.3 Å². The number of aryl methyl sites for hydroxylation is 1. The predicted molar refractivity (Wildman–Crippen MR) is 114 cm³/mol. The topological polar surface area (TPSA) is 76.6 Å². The maximum Gasteiger partial charge on any atom is 0.311 e. The molecule has 1 aliphatic rings. The van der Waals surface area contributed by atoms with Crippen LogP contribution >= 0.6 is 11.3 Å². The van der Waals surface area contributed by atoms with E-state index in [1.807, 2.05) is 54.8 Å². The molecule has 1 saturated heterocycles. The van der Waals surface area contributed by atoms with Gasteiger partial charge in [-0.15, -0.1) is 11.3 Å². The van der Waals surface area contributed by atoms with Gasteiger partial charge in [-0.25, -0.2) is 4.98 Å². The first-order valence-electron chi connectivity index (χ1n) is 9.59. The van der Waals surface area contributed by atoms with Crippen LogP contribution < -0.4 is 4.90 Å². The summed E-state index contributed by atoms with van der Waals surface area (Å²) < 4.78 is 5.20. The highest BCUT2D eigenvalue weighted by atomic mass is 32.1. The van der Waals surface area contributed by atoms with Crippen molar-refractivity contribution in [2.24, 2.45) is 5.92 Å². The number of amides is 1. The van der Waals surface area contributed by atoms with E-state index in [0.29, 0.717) is 10.7 Å². The number of nitrogens with zero attached hydrogens (tertiary/aromatic N) is 2. The second kappa shape index (κ2) is 8.59. The molecule has 0 unspecified atom stereocenters. The number of aromatic nitrogens is 1. The van der Waals surface area contributed by atoms with Crippen molar-refractivity contribution < 1.29 is 19.1 Å². The molecule has 0 radical (unpaired) electrons. The minimum Gasteiger partial charge on any atom is -0.457 e. The monoisotopic (exact) mass is 420 g/mol. The molecule has 1 atom stereocenters. The lowest BCUT2D eigenvalue weighted by Gasteiger charge is -2.12. The Kier molecular flexibility index (Phi) is 5.72. The fourth-order valence-corrected chi connectivity index (χ4v) is 4.12. The molecule has 0 N–H and O–H groups in total. The summed E-state index contributed by atoms with van der Waals surface area (Å²) in [5.41, 5.74) is 3.30. The SMILES string of the molecule is Cc1ccc(C(=O)COC(=O)[C@@H]2CC(=O)N(c3nc(-c4ccccc4)cs3)C2)cc1. The van der Waals surface area contributed by atoms with Crippen molar-refractivity contribution >= 4 is 34.1 Å². The van der Waals surface area contributed by atoms with Crippen molar-refractivity contribution in [1.82, 2.24) is 4.98 Å². The highest BCUT2D eigenvalue weighted by molar-refractivity contribution is 7.14. The standard InChI is InChI=1S/C23H20N2O4S/c1-15-7-9-17(10-8-15)20(26)13-29-22(28)18-11-21(27)25(12-18)23-24-19(14-30-23)16-5-3-2-4-6-16/h2-10,14,18H,11-13H2,1H3/t18-/m1/s1. The van der Waals surface area contributed by atoms with Gasteiger partial charge in [0.2, 0.25) is 5.91 Å². The maximum absolute atomic E-state index is 12.4. The van der Waals surface area contributed by atoms with Gasteiger partial charge in [-0.1, -0.05) is 60.2 Å². The average molecular weight is 420 g/mol. The minimum atomic E-state index is -0.604. The summed E-state index contributed by atoms with van der Waals surface area (Å²) in [6.07, 6.45) is 0.0534. The van der Waals surface area contributed by atoms with Gasteiger partial charge >= 0.3 is 5.97 Å². The third-order valence-electron chi connectivity index (χ3n) is 4.97. The summed E-state index contributed by atoms with van der Waals surface area (Å²) >= 11 is 1.36. The number of ketones is 1. The molecule has 7 heteroatoms. The van der Waals surface area contributed by atoms with Gasteiger partial charge in [-0.3, -0.25) is 19.3 Å². The first-order valence-corrected chi connectivity index (χ1v) is 10.5. The normalized spacial score (nSPS) is 16.0. The number of benzene rings is 2. The third kappa shape index (κ3) is 4.31. The van der Waals surface area contributed by atoms with Gasteiger partial charge in [-0.05, 0) is 6.92 Å². The Morgan fingerprint density at radius 3 is 2.60 bits per heavy atom. The predicted octanol–water partition coefficient (Wildman–Crippen LogP) is 3.90. The molecule has 152 valence electrons. The lowest BCUT2D eigenvalue weighted by atomic mass is 10.1. The summed E-state index contributed by atoms with van der Waals surface area (Å²) in [5, 5.41) is 2.45. The van der Waals surface area contributed by atoms with E-state index in [0.717, 1.165) is 16.8 Å². The van der Waals surface area contributed by atoms with Crippen molar-refractivity contribution in [3.05, 3.63) is 71.1 Å². The van der Waals surface area contributed by atoms with Gasteiger partial charge in [-0.2, -0.15) is 0 Å². The van der Waals surface area contributed by atoms with E-state index in [9.17, 15) is 14.4 Å². The number of carbonyl (C=O) groups excluding carboxylic acids is 3. The minimum absolute atomic E-state index is 0.0534. The Morgan fingerprint density at radius 1 is 1.13 bits per heavy atom. The first-order chi connectivity index (χ1) is 14.5. The zero-order valence-electron chi connectivity index (χ0n) is 16.4. The quantitative estimate of drug-likeness (QED) is 0.447. The third-order valence-corrected chi connectivity index (χ3v) is 5.83. The number of hydrogen-bond acceptors (Lipinski definition) is 6. The van der Waals surface area contributed by atoms with E-state index in [-0.39, 0.29) is 31.3 Å². The van der Waals surface area contributed by atoms with E-state index in [1.165, 1.54) is 16.2 Å². The second-order valence-corrected chi connectivity index (χ2v) is 8.02. The van der Waals surface area contributed by atoms with Crippen LogP contribution in [0.25, 0.3) is 11.3 Å². The van der Waals surface area contributed by atoms with Crippen LogP contribution in [-0.4, -0.2) is 35.8 Å². The van der Waals surface area contributed by atoms with Crippen molar-refractivity contribution in [3.63, 3.8) is 0 Å². The Morgan fingerprint density at radius 2 is 1.87 bits per heavy atom. The van der Waals surface area contributed by atoms with E-state index in [2.05, 4.69) is 4.98 Å². The molecular formula is C23H20N2O4S. The summed E-state index contributed by atoms with van der Waals surface area (Å²) in [4.78, 5) is 43.1. The molecule has 1 amide bonds. The van der Waals surface area contributed by atoms with E-state index < -0.39 is 11.9 Å². The molecule has 30 heavy (non-hydrogen) atoms. The van der Waals surface area contributed by atoms with Crippen molar-refractivity contribution in [2.75, 3.05) is 18.1 Å². The van der Waals surface area contributed by atoms with Gasteiger partial charge in [0.1, 0.15) is 0 Å². The van der Waals surface area contributed by atoms with Crippen molar-refractivity contribution in [1.29, 1.82) is 0 Å². The van der Waals surface area contributed by atoms with Crippen LogP contribution in [-0.2, 0) is 14.3 Å². The lowest BCUT2D eigenvalue weighted by Crippen LogP contribution is -2.27. The Balaban J connectivity index is 1.36. The summed E-state index contributed by atoms with van der Waals surface area (Å²) in [5.74, 6) is -1.58. The van der Waals surface area contributed by atoms with Crippen LogP contribution in [0.2, 0.25) is 0 Å². The molecule has 1 aliphatic heterocycles. The smallest absolute Gasteiger partial charge is 0.311 e. The van der Waals surface area contributed by atoms with Crippen LogP contribution in [0.1, 0.15) is 22.3 Å². The number of hydrogen-bond donors (Lipinski definition) is 0. The molecule has 2 aromatic carbocycles. The van der Waals surface area contributed by atoms with E-state index >= 15 is 0 Å². The molecule has 1 aromatic heterocycles. The highest BCUT2D eigenvalue weighted by Gasteiger charge is 2.37. The van der Waals surface area contributed by atoms with Crippen LogP contribution in [0.5, 0.6) is 0 Å². The Bertz CT molecular complexity index is 1080. The zero-order valence-corrected chi connectivity index (χ0v) is 17.2. The number of rotatable bonds is 6. The average Bonchev–Trinajstić information content (AvgIpc) is 3.40. The zero-order chi connectivity index (χ0) is 21.1. The number of esters is 1. The first kappa shape index (κ1) is 20.0. The van der Waals surface area contributed by atoms with E-state index in [1.54, 1.807) is 12.1 Å². The van der Waals surface area contributed by atoms with Gasteiger partial charge in [0.25, 0.3) is 0 Å². The van der Waals surface area contributed by atoms with E-state index in [4.69, 9.17) is 4.74 Å². The molecule has 0 saturated carbocycles. The molecule has 0 aliphatic carbocycles. The molecule has 6 nitrogen and oxygen atoms in total. The van der Waals surface area contributed by atoms with Gasteiger partial charge in [0.05, 0.1) is 11.6 Å². The highest BCUT2D eigenvalue weighted by Crippen LogP contribution is 2.31. The number of carbonyl (C=O) groups is 3. The van der Waals surface area contributed by atoms with Crippen LogP contribution in [0.4, 0.5) is 5.13 Å². The van der Waals surface area contributed by atoms with Gasteiger partial charge in [0.15, 0.2) is 17.5 Å². The Hall–Kier alpha value is -3.32. The molecule has 0 spiro atoms. The van der Waals surface area contributed by atoms with Crippen molar-refractivity contribution in [3.8, 4) is 11.3 Å². The number of ether oxygens (including phenoxy) is 1. The number of Topliss-reactive ketones (excluding diaryl/α,β-unsaturated/α-hetero) is 1. The summed E-state index contributed by atoms with van der Waals surface area (Å²) in [6.45, 7) is 1.81. The fraction of sp³-hybridized carbons (Fsp3) is 0.217. The Labute approximate surface area is 178 Å². The number of anilines is 1. The van der Waals surface area contributed by atoms with Gasteiger partial charge in [0, 0.05) is 29.5 Å². The molecular weight excluding hydrogens is 400 g/mol. The molecule has 3 aromatic rings. The largest absolute Gasteiger partial charge is 0.457 e. The fourth-order valence-electron chi connectivity index (χ4n) is 3.26. The lowest BCUT2D eigenvalue weighted by molar-refractivity contribution is -0.147. The van der Waals surface area contributed by atoms with Crippen LogP contribution in [0.15, 0.2) is 60.0 Å². The summed E-state index contributed by atoms with van der Waals surface area (Å²) in [6, 6.07) is 16.8. The van der Waals surface area contributed by atoms with Gasteiger partial charge < -0.3 is 4.74 Å². The summed E-state index contributed by atoms with van der Waals surface area (Å²) in [7, 11) is 0. The maximum atomic E-state index is 12.4. The molecule has 0 bridgehead atoms. The van der Waals surface area contributed by atoms with Crippen LogP contribution in [0.3, 0.4) is 0 Å². The number of thiazole rings is 1. The second-order valence-electron chi connectivity index (χ2n) is 7.18.